The number of nitrogens with one attached hydrogen (secondary N) is 1. The number of rotatable bonds is 7. The minimum Gasteiger partial charge on any atom is -0.507 e. The van der Waals surface area contributed by atoms with Gasteiger partial charge in [-0.2, -0.15) is 0 Å². The van der Waals surface area contributed by atoms with E-state index >= 15 is 0 Å². The van der Waals surface area contributed by atoms with Crippen molar-refractivity contribution in [3.05, 3.63) is 94.5 Å². The number of furan rings is 1. The van der Waals surface area contributed by atoms with E-state index < -0.39 is 4.92 Å². The quantitative estimate of drug-likeness (QED) is 0.0916. The van der Waals surface area contributed by atoms with Gasteiger partial charge in [0.05, 0.1) is 26.6 Å². The Balaban J connectivity index is 1.11. The molecule has 0 saturated heterocycles. The standard InChI is InChI=1S/C28H18N4O5S2/c33-23-10-7-19(32(35)36)11-16(23)14-29-17-6-9-22-26(13-17)39-28(31-22)38-15-27(34)30-18-5-8-21-20-3-1-2-4-24(20)37-25(21)12-18/h1-14,33H,15H2,(H,30,34). The number of phenols is 1. The van der Waals surface area contributed by atoms with E-state index in [-0.39, 0.29) is 28.7 Å². The van der Waals surface area contributed by atoms with E-state index in [0.717, 1.165) is 30.9 Å². The van der Waals surface area contributed by atoms with Crippen molar-refractivity contribution < 1.29 is 19.2 Å². The number of anilines is 1. The van der Waals surface area contributed by atoms with Crippen LogP contribution >= 0.6 is 23.1 Å². The Bertz CT molecular complexity index is 1930. The number of aromatic hydroxyl groups is 1. The number of hydrogen-bond donors (Lipinski definition) is 2. The number of hydrogen-bond acceptors (Lipinski definition) is 9. The fourth-order valence-corrected chi connectivity index (χ4v) is 5.97. The number of non-ortho nitro benzene ring substituents is 1. The van der Waals surface area contributed by atoms with Crippen LogP contribution in [0.3, 0.4) is 0 Å². The van der Waals surface area contributed by atoms with Crippen molar-refractivity contribution in [2.75, 3.05) is 11.1 Å². The zero-order valence-electron chi connectivity index (χ0n) is 20.0. The summed E-state index contributed by atoms with van der Waals surface area (Å²) in [5.74, 6) is -0.0656. The van der Waals surface area contributed by atoms with Gasteiger partial charge in [0.1, 0.15) is 16.9 Å². The number of nitrogens with zero attached hydrogens (tertiary/aromatic N) is 3. The largest absolute Gasteiger partial charge is 0.507 e. The van der Waals surface area contributed by atoms with Gasteiger partial charge in [-0.15, -0.1) is 11.3 Å². The van der Waals surface area contributed by atoms with Crippen molar-refractivity contribution in [3.63, 3.8) is 0 Å². The molecule has 6 rings (SSSR count). The molecule has 0 saturated carbocycles. The van der Waals surface area contributed by atoms with E-state index in [2.05, 4.69) is 15.3 Å². The van der Waals surface area contributed by atoms with Crippen molar-refractivity contribution in [2.24, 2.45) is 4.99 Å². The van der Waals surface area contributed by atoms with Gasteiger partial charge >= 0.3 is 0 Å². The Morgan fingerprint density at radius 3 is 2.79 bits per heavy atom. The van der Waals surface area contributed by atoms with E-state index in [1.54, 1.807) is 6.07 Å². The Morgan fingerprint density at radius 1 is 1.08 bits per heavy atom. The minimum atomic E-state index is -0.529. The number of carbonyl (C=O) groups excluding carboxylic acids is 1. The summed E-state index contributed by atoms with van der Waals surface area (Å²) in [6.45, 7) is 0. The molecule has 9 nitrogen and oxygen atoms in total. The lowest BCUT2D eigenvalue weighted by atomic mass is 10.1. The van der Waals surface area contributed by atoms with Crippen LogP contribution in [-0.2, 0) is 4.79 Å². The SMILES string of the molecule is O=C(CSc1nc2ccc(N=Cc3cc([N+](=O)[O-])ccc3O)cc2s1)Nc1ccc2c(c1)oc1ccccc12. The first-order valence-electron chi connectivity index (χ1n) is 11.7. The molecule has 0 spiro atoms. The summed E-state index contributed by atoms with van der Waals surface area (Å²) < 4.78 is 7.52. The van der Waals surface area contributed by atoms with Gasteiger partial charge in [0, 0.05) is 46.4 Å². The lowest BCUT2D eigenvalue weighted by Gasteiger charge is -2.04. The predicted molar refractivity (Wildman–Crippen MR) is 155 cm³/mol. The number of aromatic nitrogens is 1. The molecule has 0 radical (unpaired) electrons. The number of thioether (sulfide) groups is 1. The molecule has 0 unspecified atom stereocenters. The van der Waals surface area contributed by atoms with Gasteiger partial charge in [-0.1, -0.05) is 30.0 Å². The third-order valence-electron chi connectivity index (χ3n) is 5.92. The topological polar surface area (TPSA) is 131 Å². The zero-order valence-corrected chi connectivity index (χ0v) is 21.7. The van der Waals surface area contributed by atoms with Crippen LogP contribution in [0.1, 0.15) is 5.56 Å². The van der Waals surface area contributed by atoms with Crippen molar-refractivity contribution in [3.8, 4) is 5.75 Å². The van der Waals surface area contributed by atoms with Gasteiger partial charge in [-0.25, -0.2) is 4.98 Å². The van der Waals surface area contributed by atoms with E-state index in [4.69, 9.17) is 4.42 Å². The van der Waals surface area contributed by atoms with Gasteiger partial charge in [0.15, 0.2) is 4.34 Å². The maximum Gasteiger partial charge on any atom is 0.270 e. The highest BCUT2D eigenvalue weighted by atomic mass is 32.2. The molecule has 6 aromatic rings. The average molecular weight is 555 g/mol. The fraction of sp³-hybridized carbons (Fsp3) is 0.0357. The monoisotopic (exact) mass is 554 g/mol. The first-order valence-corrected chi connectivity index (χ1v) is 13.5. The van der Waals surface area contributed by atoms with Crippen LogP contribution in [0.2, 0.25) is 0 Å². The predicted octanol–water partition coefficient (Wildman–Crippen LogP) is 7.29. The first kappa shape index (κ1) is 24.6. The molecule has 2 aromatic heterocycles. The molecular weight excluding hydrogens is 536 g/mol. The summed E-state index contributed by atoms with van der Waals surface area (Å²) >= 11 is 2.78. The summed E-state index contributed by atoms with van der Waals surface area (Å²) in [4.78, 5) is 32.0. The maximum absolute atomic E-state index is 12.6. The Hall–Kier alpha value is -4.74. The highest BCUT2D eigenvalue weighted by Crippen LogP contribution is 2.33. The van der Waals surface area contributed by atoms with Crippen LogP contribution in [0.4, 0.5) is 17.1 Å². The van der Waals surface area contributed by atoms with Crippen LogP contribution in [0.25, 0.3) is 32.2 Å². The third kappa shape index (κ3) is 5.17. The summed E-state index contributed by atoms with van der Waals surface area (Å²) in [5.41, 5.74) is 3.67. The van der Waals surface area contributed by atoms with Gasteiger partial charge in [-0.3, -0.25) is 19.9 Å². The molecule has 1 amide bonds. The molecular formula is C28H18N4O5S2. The van der Waals surface area contributed by atoms with Gasteiger partial charge in [0.25, 0.3) is 5.69 Å². The highest BCUT2D eigenvalue weighted by molar-refractivity contribution is 8.01. The number of nitro benzene ring substituents is 1. The van der Waals surface area contributed by atoms with Crippen LogP contribution in [0, 0.1) is 10.1 Å². The summed E-state index contributed by atoms with van der Waals surface area (Å²) in [6, 6.07) is 22.6. The molecule has 0 bridgehead atoms. The molecule has 11 heteroatoms. The van der Waals surface area contributed by atoms with E-state index in [9.17, 15) is 20.0 Å². The number of carbonyl (C=O) groups is 1. The Labute approximate surface area is 229 Å². The second-order valence-corrected chi connectivity index (χ2v) is 10.8. The average Bonchev–Trinajstić information content (AvgIpc) is 3.51. The lowest BCUT2D eigenvalue weighted by molar-refractivity contribution is -0.384. The summed E-state index contributed by atoms with van der Waals surface area (Å²) in [5, 5.41) is 25.9. The molecule has 0 fully saturated rings. The second kappa shape index (κ2) is 10.2. The molecule has 2 heterocycles. The van der Waals surface area contributed by atoms with Crippen LogP contribution < -0.4 is 5.32 Å². The molecule has 0 aliphatic heterocycles. The Kier molecular flexibility index (Phi) is 6.43. The summed E-state index contributed by atoms with van der Waals surface area (Å²) in [6.07, 6.45) is 1.38. The third-order valence-corrected chi connectivity index (χ3v) is 8.08. The summed E-state index contributed by atoms with van der Waals surface area (Å²) in [7, 11) is 0. The first-order chi connectivity index (χ1) is 18.9. The number of amides is 1. The number of nitro groups is 1. The number of thiazole rings is 1. The van der Waals surface area contributed by atoms with E-state index in [1.165, 1.54) is 47.5 Å². The minimum absolute atomic E-state index is 0.0994. The number of phenolic OH excluding ortho intramolecular Hbond substituents is 1. The van der Waals surface area contributed by atoms with Crippen molar-refractivity contribution in [2.45, 2.75) is 4.34 Å². The van der Waals surface area contributed by atoms with E-state index in [1.807, 2.05) is 54.6 Å². The highest BCUT2D eigenvalue weighted by Gasteiger charge is 2.12. The van der Waals surface area contributed by atoms with Crippen LogP contribution in [-0.4, -0.2) is 32.9 Å². The maximum atomic E-state index is 12.6. The van der Waals surface area contributed by atoms with Gasteiger partial charge in [-0.05, 0) is 42.5 Å². The molecule has 4 aromatic carbocycles. The van der Waals surface area contributed by atoms with Crippen molar-refractivity contribution in [1.29, 1.82) is 0 Å². The lowest BCUT2D eigenvalue weighted by Crippen LogP contribution is -2.13. The molecule has 0 atom stereocenters. The molecule has 39 heavy (non-hydrogen) atoms. The van der Waals surface area contributed by atoms with Crippen molar-refractivity contribution >= 4 is 84.4 Å². The van der Waals surface area contributed by atoms with Crippen molar-refractivity contribution in [1.82, 2.24) is 4.98 Å². The van der Waals surface area contributed by atoms with Crippen LogP contribution in [0.15, 0.2) is 92.6 Å². The second-order valence-electron chi connectivity index (χ2n) is 8.54. The molecule has 0 aliphatic carbocycles. The van der Waals surface area contributed by atoms with E-state index in [0.29, 0.717) is 17.0 Å². The fourth-order valence-electron chi connectivity index (χ4n) is 4.07. The molecule has 2 N–H and O–H groups in total. The number of aliphatic imine (C=N–C) groups is 1. The van der Waals surface area contributed by atoms with Gasteiger partial charge < -0.3 is 14.8 Å². The zero-order chi connectivity index (χ0) is 26.9. The Morgan fingerprint density at radius 2 is 1.92 bits per heavy atom. The number of para-hydroxylation sites is 1. The molecule has 0 aliphatic rings. The van der Waals surface area contributed by atoms with Gasteiger partial charge in [0.2, 0.25) is 5.91 Å². The smallest absolute Gasteiger partial charge is 0.270 e. The number of fused-ring (bicyclic) bond motifs is 4. The molecule has 192 valence electrons. The normalized spacial score (nSPS) is 11.6. The van der Waals surface area contributed by atoms with Crippen LogP contribution in [0.5, 0.6) is 5.75 Å². The number of benzene rings is 4.